The highest BCUT2D eigenvalue weighted by molar-refractivity contribution is 5.91. The van der Waals surface area contributed by atoms with E-state index in [2.05, 4.69) is 5.10 Å². The topological polar surface area (TPSA) is 51.4 Å². The first-order valence-electron chi connectivity index (χ1n) is 3.23. The molecule has 0 aromatic carbocycles. The van der Waals surface area contributed by atoms with E-state index in [0.717, 1.165) is 6.19 Å². The highest BCUT2D eigenvalue weighted by atomic mass is 19.4. The molecular formula is C5H3F5N4. The molecule has 1 aliphatic heterocycles. The summed E-state index contributed by atoms with van der Waals surface area (Å²) in [6.07, 6.45) is -4.60. The van der Waals surface area contributed by atoms with E-state index in [1.165, 1.54) is 0 Å². The summed E-state index contributed by atoms with van der Waals surface area (Å²) in [7, 11) is 0. The molecule has 0 saturated heterocycles. The maximum Gasteiger partial charge on any atom is 0.461 e. The van der Waals surface area contributed by atoms with Crippen molar-refractivity contribution >= 4 is 5.84 Å². The summed E-state index contributed by atoms with van der Waals surface area (Å²) in [4.78, 5) is 0.132. The third-order valence-corrected chi connectivity index (χ3v) is 1.43. The number of alkyl halides is 5. The minimum atomic E-state index is -5.76. The number of hydrazone groups is 1. The Morgan fingerprint density at radius 2 is 1.93 bits per heavy atom. The molecule has 1 N–H and O–H groups in total. The van der Waals surface area contributed by atoms with E-state index in [9.17, 15) is 22.0 Å². The molecule has 0 saturated carbocycles. The summed E-state index contributed by atoms with van der Waals surface area (Å²) >= 11 is 0. The fourth-order valence-corrected chi connectivity index (χ4v) is 0.765. The SMILES string of the molecule is N#CN1CNN=C1C(F)(F)C(F)(F)F. The number of hydrogen-bond donors (Lipinski definition) is 1. The van der Waals surface area contributed by atoms with Crippen LogP contribution in [0, 0.1) is 11.5 Å². The Morgan fingerprint density at radius 3 is 2.36 bits per heavy atom. The number of nitrogens with zero attached hydrogens (tertiary/aromatic N) is 3. The third kappa shape index (κ3) is 1.43. The van der Waals surface area contributed by atoms with E-state index >= 15 is 0 Å². The maximum atomic E-state index is 12.6. The molecule has 0 aromatic heterocycles. The van der Waals surface area contributed by atoms with Gasteiger partial charge in [-0.3, -0.25) is 5.43 Å². The molecule has 0 bridgehead atoms. The van der Waals surface area contributed by atoms with Crippen LogP contribution in [-0.4, -0.2) is 29.5 Å². The Bertz CT molecular complexity index is 300. The fourth-order valence-electron chi connectivity index (χ4n) is 0.765. The van der Waals surface area contributed by atoms with Gasteiger partial charge >= 0.3 is 12.1 Å². The lowest BCUT2D eigenvalue weighted by atomic mass is 10.3. The van der Waals surface area contributed by atoms with Gasteiger partial charge in [-0.25, -0.2) is 4.90 Å². The average molecular weight is 214 g/mol. The van der Waals surface area contributed by atoms with Crippen molar-refractivity contribution in [1.29, 1.82) is 5.26 Å². The summed E-state index contributed by atoms with van der Waals surface area (Å²) in [5.74, 6) is -6.75. The first kappa shape index (κ1) is 10.5. The van der Waals surface area contributed by atoms with Crippen LogP contribution in [0.4, 0.5) is 22.0 Å². The van der Waals surface area contributed by atoms with Gasteiger partial charge in [0.1, 0.15) is 6.67 Å². The zero-order valence-electron chi connectivity index (χ0n) is 6.44. The molecule has 1 aliphatic rings. The largest absolute Gasteiger partial charge is 0.461 e. The molecule has 0 spiro atoms. The van der Waals surface area contributed by atoms with E-state index in [0.29, 0.717) is 0 Å². The van der Waals surface area contributed by atoms with Crippen LogP contribution in [0.25, 0.3) is 0 Å². The lowest BCUT2D eigenvalue weighted by Gasteiger charge is -2.21. The molecule has 78 valence electrons. The molecule has 14 heavy (non-hydrogen) atoms. The highest BCUT2D eigenvalue weighted by Gasteiger charge is 2.64. The van der Waals surface area contributed by atoms with Gasteiger partial charge in [-0.15, -0.1) is 0 Å². The van der Waals surface area contributed by atoms with Crippen molar-refractivity contribution in [3.8, 4) is 6.19 Å². The summed E-state index contributed by atoms with van der Waals surface area (Å²) in [6, 6.07) is 0. The van der Waals surface area contributed by atoms with Crippen LogP contribution in [0.2, 0.25) is 0 Å². The molecule has 0 aliphatic carbocycles. The van der Waals surface area contributed by atoms with Gasteiger partial charge in [0.05, 0.1) is 0 Å². The van der Waals surface area contributed by atoms with Crippen molar-refractivity contribution in [1.82, 2.24) is 10.3 Å². The van der Waals surface area contributed by atoms with Crippen molar-refractivity contribution in [2.75, 3.05) is 6.67 Å². The second kappa shape index (κ2) is 2.97. The van der Waals surface area contributed by atoms with Crippen molar-refractivity contribution in [3.05, 3.63) is 0 Å². The van der Waals surface area contributed by atoms with Crippen LogP contribution in [0.15, 0.2) is 5.10 Å². The van der Waals surface area contributed by atoms with E-state index in [1.807, 2.05) is 5.43 Å². The zero-order chi connectivity index (χ0) is 11.0. The van der Waals surface area contributed by atoms with Crippen LogP contribution in [0.1, 0.15) is 0 Å². The average Bonchev–Trinajstić information content (AvgIpc) is 2.49. The normalized spacial score (nSPS) is 17.4. The smallest absolute Gasteiger partial charge is 0.287 e. The van der Waals surface area contributed by atoms with Gasteiger partial charge in [-0.2, -0.15) is 32.3 Å². The standard InChI is InChI=1S/C5H3F5N4/c6-4(7,5(8,9)10)3-13-12-2-14(3)1-11/h12H,2H2. The molecule has 1 rings (SSSR count). The lowest BCUT2D eigenvalue weighted by Crippen LogP contribution is -2.49. The van der Waals surface area contributed by atoms with Crippen LogP contribution in [0.5, 0.6) is 0 Å². The number of hydrogen-bond acceptors (Lipinski definition) is 4. The molecule has 1 heterocycles. The Kier molecular flexibility index (Phi) is 2.22. The molecular weight excluding hydrogens is 211 g/mol. The van der Waals surface area contributed by atoms with Crippen molar-refractivity contribution in [2.24, 2.45) is 5.10 Å². The Balaban J connectivity index is 3.00. The number of amidine groups is 1. The van der Waals surface area contributed by atoms with Gasteiger partial charge < -0.3 is 0 Å². The van der Waals surface area contributed by atoms with Gasteiger partial charge in [0, 0.05) is 0 Å². The van der Waals surface area contributed by atoms with E-state index in [-0.39, 0.29) is 4.90 Å². The lowest BCUT2D eigenvalue weighted by molar-refractivity contribution is -0.251. The zero-order valence-corrected chi connectivity index (χ0v) is 6.44. The summed E-state index contributed by atoms with van der Waals surface area (Å²) in [5, 5.41) is 10.9. The minimum Gasteiger partial charge on any atom is -0.287 e. The van der Waals surface area contributed by atoms with E-state index in [4.69, 9.17) is 5.26 Å². The monoisotopic (exact) mass is 214 g/mol. The van der Waals surface area contributed by atoms with Gasteiger partial charge in [-0.1, -0.05) is 0 Å². The summed E-state index contributed by atoms with van der Waals surface area (Å²) in [6.45, 7) is -0.489. The van der Waals surface area contributed by atoms with Gasteiger partial charge in [0.25, 0.3) is 0 Å². The highest BCUT2D eigenvalue weighted by Crippen LogP contribution is 2.37. The quantitative estimate of drug-likeness (QED) is 0.519. The summed E-state index contributed by atoms with van der Waals surface area (Å²) in [5.41, 5.74) is 1.86. The second-order valence-electron chi connectivity index (χ2n) is 2.35. The number of halogens is 5. The second-order valence-corrected chi connectivity index (χ2v) is 2.35. The molecule has 0 atom stereocenters. The van der Waals surface area contributed by atoms with Crippen LogP contribution >= 0.6 is 0 Å². The Morgan fingerprint density at radius 1 is 1.36 bits per heavy atom. The van der Waals surface area contributed by atoms with Crippen LogP contribution in [-0.2, 0) is 0 Å². The van der Waals surface area contributed by atoms with Crippen molar-refractivity contribution < 1.29 is 22.0 Å². The molecule has 9 heteroatoms. The Labute approximate surface area is 74.6 Å². The molecule has 0 unspecified atom stereocenters. The number of nitriles is 1. The molecule has 0 amide bonds. The molecule has 4 nitrogen and oxygen atoms in total. The van der Waals surface area contributed by atoms with Gasteiger partial charge in [0.2, 0.25) is 5.84 Å². The molecule has 0 radical (unpaired) electrons. The number of rotatable bonds is 1. The van der Waals surface area contributed by atoms with Gasteiger partial charge in [-0.05, 0) is 0 Å². The first-order chi connectivity index (χ1) is 6.30. The summed E-state index contributed by atoms with van der Waals surface area (Å²) < 4.78 is 60.6. The molecule has 0 fully saturated rings. The van der Waals surface area contributed by atoms with Crippen LogP contribution < -0.4 is 5.43 Å². The van der Waals surface area contributed by atoms with E-state index in [1.54, 1.807) is 0 Å². The maximum absolute atomic E-state index is 12.6. The van der Waals surface area contributed by atoms with Crippen LogP contribution in [0.3, 0.4) is 0 Å². The number of nitrogens with one attached hydrogen (secondary N) is 1. The predicted molar refractivity (Wildman–Crippen MR) is 33.9 cm³/mol. The Hall–Kier alpha value is -1.59. The minimum absolute atomic E-state index is 0.132. The van der Waals surface area contributed by atoms with Crippen molar-refractivity contribution in [2.45, 2.75) is 12.1 Å². The van der Waals surface area contributed by atoms with E-state index < -0.39 is 24.6 Å². The first-order valence-corrected chi connectivity index (χ1v) is 3.23. The third-order valence-electron chi connectivity index (χ3n) is 1.43. The van der Waals surface area contributed by atoms with Crippen molar-refractivity contribution in [3.63, 3.8) is 0 Å². The molecule has 0 aromatic rings. The predicted octanol–water partition coefficient (Wildman–Crippen LogP) is 0.841. The van der Waals surface area contributed by atoms with Gasteiger partial charge in [0.15, 0.2) is 6.19 Å². The fraction of sp³-hybridized carbons (Fsp3) is 0.600.